The number of nitrogens with two attached hydrogens (primary N) is 1. The van der Waals surface area contributed by atoms with Crippen molar-refractivity contribution in [2.24, 2.45) is 11.1 Å². The van der Waals surface area contributed by atoms with E-state index in [-0.39, 0.29) is 17.9 Å². The summed E-state index contributed by atoms with van der Waals surface area (Å²) < 4.78 is 0. The van der Waals surface area contributed by atoms with Gasteiger partial charge in [-0.25, -0.2) is 0 Å². The SMILES string of the molecule is CN(C)CC(C)(O)CNC(=O)C(N)C(C)(C)C. The molecule has 0 aliphatic carbocycles. The number of aliphatic hydroxyl groups is 1. The van der Waals surface area contributed by atoms with Crippen LogP contribution in [0, 0.1) is 5.41 Å². The average Bonchev–Trinajstić information content (AvgIpc) is 2.09. The Bertz CT molecular complexity index is 257. The number of likely N-dealkylation sites (N-methyl/N-ethyl adjacent to an activating group) is 1. The van der Waals surface area contributed by atoms with Crippen LogP contribution in [0.4, 0.5) is 0 Å². The van der Waals surface area contributed by atoms with Crippen molar-refractivity contribution in [1.29, 1.82) is 0 Å². The van der Waals surface area contributed by atoms with Crippen molar-refractivity contribution in [2.45, 2.75) is 39.3 Å². The lowest BCUT2D eigenvalue weighted by Gasteiger charge is -2.30. The average molecular weight is 245 g/mol. The molecular weight excluding hydrogens is 218 g/mol. The quantitative estimate of drug-likeness (QED) is 0.626. The van der Waals surface area contributed by atoms with Crippen molar-refractivity contribution in [3.63, 3.8) is 0 Å². The first-order valence-electron chi connectivity index (χ1n) is 5.86. The van der Waals surface area contributed by atoms with Gasteiger partial charge in [0.25, 0.3) is 0 Å². The summed E-state index contributed by atoms with van der Waals surface area (Å²) in [5, 5.41) is 12.7. The van der Waals surface area contributed by atoms with Crippen LogP contribution in [0.2, 0.25) is 0 Å². The van der Waals surface area contributed by atoms with Crippen LogP contribution < -0.4 is 11.1 Å². The molecule has 1 amide bonds. The summed E-state index contributed by atoms with van der Waals surface area (Å²) in [5.41, 5.74) is 4.59. The molecule has 0 aromatic heterocycles. The Morgan fingerprint density at radius 2 is 1.82 bits per heavy atom. The lowest BCUT2D eigenvalue weighted by Crippen LogP contribution is -2.53. The van der Waals surface area contributed by atoms with Gasteiger partial charge in [0.05, 0.1) is 11.6 Å². The normalized spacial score (nSPS) is 17.7. The summed E-state index contributed by atoms with van der Waals surface area (Å²) in [6.45, 7) is 8.11. The van der Waals surface area contributed by atoms with E-state index in [1.54, 1.807) is 6.92 Å². The lowest BCUT2D eigenvalue weighted by molar-refractivity contribution is -0.125. The zero-order valence-electron chi connectivity index (χ0n) is 11.9. The summed E-state index contributed by atoms with van der Waals surface area (Å²) >= 11 is 0. The third-order valence-electron chi connectivity index (χ3n) is 2.52. The van der Waals surface area contributed by atoms with Crippen molar-refractivity contribution in [2.75, 3.05) is 27.2 Å². The van der Waals surface area contributed by atoms with E-state index in [9.17, 15) is 9.90 Å². The van der Waals surface area contributed by atoms with Gasteiger partial charge in [-0.05, 0) is 26.4 Å². The number of carbonyl (C=O) groups excluding carboxylic acids is 1. The maximum Gasteiger partial charge on any atom is 0.237 e. The van der Waals surface area contributed by atoms with E-state index < -0.39 is 11.6 Å². The summed E-state index contributed by atoms with van der Waals surface area (Å²) in [6, 6.07) is -0.572. The zero-order valence-corrected chi connectivity index (χ0v) is 11.9. The first-order valence-corrected chi connectivity index (χ1v) is 5.86. The Hall–Kier alpha value is -0.650. The minimum absolute atomic E-state index is 0.202. The van der Waals surface area contributed by atoms with E-state index in [2.05, 4.69) is 5.32 Å². The second-order valence-corrected chi connectivity index (χ2v) is 6.30. The molecular formula is C12H27N3O2. The Morgan fingerprint density at radius 1 is 1.35 bits per heavy atom. The second-order valence-electron chi connectivity index (χ2n) is 6.30. The van der Waals surface area contributed by atoms with Crippen LogP contribution in [0.25, 0.3) is 0 Å². The monoisotopic (exact) mass is 245 g/mol. The van der Waals surface area contributed by atoms with Gasteiger partial charge in [-0.2, -0.15) is 0 Å². The molecule has 0 aromatic rings. The number of nitrogens with zero attached hydrogens (tertiary/aromatic N) is 1. The predicted octanol–water partition coefficient (Wildman–Crippen LogP) is -0.211. The smallest absolute Gasteiger partial charge is 0.237 e. The van der Waals surface area contributed by atoms with E-state index in [4.69, 9.17) is 5.73 Å². The van der Waals surface area contributed by atoms with Crippen LogP contribution in [0.5, 0.6) is 0 Å². The molecule has 0 radical (unpaired) electrons. The molecule has 17 heavy (non-hydrogen) atoms. The van der Waals surface area contributed by atoms with Gasteiger partial charge in [-0.3, -0.25) is 4.79 Å². The molecule has 0 aromatic carbocycles. The number of carbonyl (C=O) groups is 1. The van der Waals surface area contributed by atoms with E-state index in [0.717, 1.165) is 0 Å². The Balaban J connectivity index is 4.25. The molecule has 2 unspecified atom stereocenters. The predicted molar refractivity (Wildman–Crippen MR) is 69.6 cm³/mol. The largest absolute Gasteiger partial charge is 0.387 e. The first kappa shape index (κ1) is 16.4. The fourth-order valence-electron chi connectivity index (χ4n) is 1.52. The van der Waals surface area contributed by atoms with Crippen molar-refractivity contribution < 1.29 is 9.90 Å². The summed E-state index contributed by atoms with van der Waals surface area (Å²) in [6.07, 6.45) is 0. The fraction of sp³-hybridized carbons (Fsp3) is 0.917. The van der Waals surface area contributed by atoms with Gasteiger partial charge in [-0.15, -0.1) is 0 Å². The van der Waals surface area contributed by atoms with Gasteiger partial charge >= 0.3 is 0 Å². The van der Waals surface area contributed by atoms with Gasteiger partial charge in [0, 0.05) is 13.1 Å². The number of hydrogen-bond acceptors (Lipinski definition) is 4. The molecule has 4 N–H and O–H groups in total. The van der Waals surface area contributed by atoms with Crippen molar-refractivity contribution >= 4 is 5.91 Å². The van der Waals surface area contributed by atoms with Gasteiger partial charge < -0.3 is 21.1 Å². The summed E-state index contributed by atoms with van der Waals surface area (Å²) in [5.74, 6) is -0.225. The fourth-order valence-corrected chi connectivity index (χ4v) is 1.52. The molecule has 0 bridgehead atoms. The molecule has 0 saturated heterocycles. The third kappa shape index (κ3) is 6.61. The minimum Gasteiger partial charge on any atom is -0.387 e. The maximum atomic E-state index is 11.8. The molecule has 0 spiro atoms. The van der Waals surface area contributed by atoms with Crippen LogP contribution in [-0.4, -0.2) is 54.7 Å². The molecule has 0 fully saturated rings. The second kappa shape index (κ2) is 5.80. The Morgan fingerprint density at radius 3 is 2.18 bits per heavy atom. The van der Waals surface area contributed by atoms with E-state index >= 15 is 0 Å². The maximum absolute atomic E-state index is 11.8. The highest BCUT2D eigenvalue weighted by atomic mass is 16.3. The lowest BCUT2D eigenvalue weighted by atomic mass is 9.87. The standard InChI is InChI=1S/C12H27N3O2/c1-11(2,3)9(13)10(16)14-7-12(4,17)8-15(5)6/h9,17H,7-8,13H2,1-6H3,(H,14,16). The van der Waals surface area contributed by atoms with Crippen molar-refractivity contribution in [3.8, 4) is 0 Å². The van der Waals surface area contributed by atoms with E-state index in [1.165, 1.54) is 0 Å². The molecule has 0 heterocycles. The molecule has 2 atom stereocenters. The topological polar surface area (TPSA) is 78.6 Å². The highest BCUT2D eigenvalue weighted by molar-refractivity contribution is 5.82. The van der Waals surface area contributed by atoms with Gasteiger partial charge in [0.2, 0.25) is 5.91 Å². The number of nitrogens with one attached hydrogen (secondary N) is 1. The summed E-state index contributed by atoms with van der Waals surface area (Å²) in [4.78, 5) is 13.6. The van der Waals surface area contributed by atoms with Crippen molar-refractivity contribution in [3.05, 3.63) is 0 Å². The van der Waals surface area contributed by atoms with E-state index in [0.29, 0.717) is 6.54 Å². The van der Waals surface area contributed by atoms with Crippen LogP contribution in [-0.2, 0) is 4.79 Å². The molecule has 5 heteroatoms. The molecule has 5 nitrogen and oxygen atoms in total. The van der Waals surface area contributed by atoms with Gasteiger partial charge in [0.1, 0.15) is 0 Å². The number of hydrogen-bond donors (Lipinski definition) is 3. The van der Waals surface area contributed by atoms with E-state index in [1.807, 2.05) is 39.8 Å². The van der Waals surface area contributed by atoms with Gasteiger partial charge in [0.15, 0.2) is 0 Å². The summed E-state index contributed by atoms with van der Waals surface area (Å²) in [7, 11) is 3.74. The highest BCUT2D eigenvalue weighted by Crippen LogP contribution is 2.17. The Kier molecular flexibility index (Phi) is 5.58. The molecule has 0 aliphatic rings. The Labute approximate surface area is 104 Å². The minimum atomic E-state index is -0.948. The van der Waals surface area contributed by atoms with Gasteiger partial charge in [-0.1, -0.05) is 20.8 Å². The van der Waals surface area contributed by atoms with Crippen LogP contribution >= 0.6 is 0 Å². The van der Waals surface area contributed by atoms with Crippen molar-refractivity contribution in [1.82, 2.24) is 10.2 Å². The van der Waals surface area contributed by atoms with Crippen LogP contribution in [0.3, 0.4) is 0 Å². The molecule has 102 valence electrons. The highest BCUT2D eigenvalue weighted by Gasteiger charge is 2.29. The third-order valence-corrected chi connectivity index (χ3v) is 2.52. The van der Waals surface area contributed by atoms with Crippen LogP contribution in [0.1, 0.15) is 27.7 Å². The van der Waals surface area contributed by atoms with Crippen LogP contribution in [0.15, 0.2) is 0 Å². The number of rotatable bonds is 5. The molecule has 0 rings (SSSR count). The number of amides is 1. The first-order chi connectivity index (χ1) is 7.46. The molecule has 0 saturated carbocycles. The zero-order chi connectivity index (χ0) is 13.9. The molecule has 0 aliphatic heterocycles.